The molecule has 0 atom stereocenters. The molecule has 0 aromatic heterocycles. The van der Waals surface area contributed by atoms with E-state index < -0.39 is 0 Å². The number of rotatable bonds is 5. The van der Waals surface area contributed by atoms with Gasteiger partial charge >= 0.3 is 0 Å². The topological polar surface area (TPSA) is 0 Å². The summed E-state index contributed by atoms with van der Waals surface area (Å²) >= 11 is 0. The molecule has 0 amide bonds. The summed E-state index contributed by atoms with van der Waals surface area (Å²) in [6.07, 6.45) is 7.98. The van der Waals surface area contributed by atoms with E-state index >= 15 is 0 Å². The monoisotopic (exact) mass is 282 g/mol. The second-order valence-electron chi connectivity index (χ2n) is 2.27. The summed E-state index contributed by atoms with van der Waals surface area (Å²) in [6, 6.07) is 0. The second kappa shape index (κ2) is 12.0. The molecule has 0 aromatic carbocycles. The molecule has 0 nitrogen and oxygen atoms in total. The second-order valence-corrected chi connectivity index (χ2v) is 2.27. The van der Waals surface area contributed by atoms with E-state index in [-0.39, 0.29) is 36.9 Å². The van der Waals surface area contributed by atoms with Crippen molar-refractivity contribution in [2.24, 2.45) is 0 Å². The van der Waals surface area contributed by atoms with Crippen LogP contribution in [0.1, 0.15) is 45.4 Å². The molecule has 0 spiro atoms. The van der Waals surface area contributed by atoms with Crippen molar-refractivity contribution in [1.82, 2.24) is 0 Å². The van der Waals surface area contributed by atoms with Gasteiger partial charge in [-0.25, -0.2) is 0 Å². The zero-order chi connectivity index (χ0) is 6.24. The largest absolute Gasteiger partial charge is 0.343 e. The summed E-state index contributed by atoms with van der Waals surface area (Å²) in [7, 11) is 0. The molecule has 0 heterocycles. The molecule has 0 saturated heterocycles. The standard InChI is InChI=1S/C8H17.Tm/c1-3-5-7-8-6-4-2;/h1,3-8H2,2H3;/q-1;. The molecule has 0 aromatic rings. The summed E-state index contributed by atoms with van der Waals surface area (Å²) in [5.74, 6) is 0. The van der Waals surface area contributed by atoms with Crippen LogP contribution in [0.5, 0.6) is 0 Å². The van der Waals surface area contributed by atoms with Crippen molar-refractivity contribution in [3.63, 3.8) is 0 Å². The Bertz CT molecular complexity index is 29.5. The van der Waals surface area contributed by atoms with Crippen LogP contribution in [-0.4, -0.2) is 0 Å². The van der Waals surface area contributed by atoms with Crippen LogP contribution in [0.2, 0.25) is 0 Å². The van der Waals surface area contributed by atoms with Gasteiger partial charge < -0.3 is 6.92 Å². The maximum absolute atomic E-state index is 3.78. The first-order valence-corrected chi connectivity index (χ1v) is 3.71. The molecule has 0 saturated carbocycles. The van der Waals surface area contributed by atoms with E-state index in [1.54, 1.807) is 0 Å². The Morgan fingerprint density at radius 3 is 2.00 bits per heavy atom. The molecule has 63 valence electrons. The molecule has 9 heavy (non-hydrogen) atoms. The summed E-state index contributed by atoms with van der Waals surface area (Å²) in [5.41, 5.74) is 0. The van der Waals surface area contributed by atoms with E-state index in [1.165, 1.54) is 32.1 Å². The Morgan fingerprint density at radius 2 is 1.56 bits per heavy atom. The molecule has 1 heteroatoms. The molecule has 0 aliphatic rings. The predicted octanol–water partition coefficient (Wildman–Crippen LogP) is 3.18. The molecular formula is C8H17Tm-. The van der Waals surface area contributed by atoms with Crippen molar-refractivity contribution in [2.75, 3.05) is 0 Å². The minimum Gasteiger partial charge on any atom is -0.343 e. The summed E-state index contributed by atoms with van der Waals surface area (Å²) in [6.45, 7) is 6.02. The first-order chi connectivity index (χ1) is 3.91. The van der Waals surface area contributed by atoms with Crippen LogP contribution in [0.15, 0.2) is 0 Å². The fraction of sp³-hybridized carbons (Fsp3) is 0.875. The maximum atomic E-state index is 3.78. The zero-order valence-electron chi connectivity index (χ0n) is 6.23. The quantitative estimate of drug-likeness (QED) is 0.536. The van der Waals surface area contributed by atoms with Crippen LogP contribution in [0.3, 0.4) is 0 Å². The molecule has 0 fully saturated rings. The molecule has 0 rings (SSSR count). The Labute approximate surface area is 88.6 Å². The van der Waals surface area contributed by atoms with Gasteiger partial charge in [0.2, 0.25) is 0 Å². The van der Waals surface area contributed by atoms with Crippen molar-refractivity contribution >= 4 is 0 Å². The van der Waals surface area contributed by atoms with Crippen molar-refractivity contribution < 1.29 is 36.9 Å². The van der Waals surface area contributed by atoms with E-state index in [9.17, 15) is 0 Å². The van der Waals surface area contributed by atoms with Crippen molar-refractivity contribution in [3.8, 4) is 0 Å². The van der Waals surface area contributed by atoms with Gasteiger partial charge in [0.05, 0.1) is 0 Å². The van der Waals surface area contributed by atoms with E-state index in [1.807, 2.05) is 0 Å². The van der Waals surface area contributed by atoms with Gasteiger partial charge in [-0.3, -0.25) is 0 Å². The van der Waals surface area contributed by atoms with E-state index in [0.717, 1.165) is 6.42 Å². The van der Waals surface area contributed by atoms with Crippen LogP contribution in [0, 0.1) is 43.8 Å². The van der Waals surface area contributed by atoms with Gasteiger partial charge in [-0.1, -0.05) is 39.0 Å². The van der Waals surface area contributed by atoms with Gasteiger partial charge in [-0.15, -0.1) is 0 Å². The molecular weight excluding hydrogens is 265 g/mol. The first kappa shape index (κ1) is 12.9. The third kappa shape index (κ3) is 12.4. The summed E-state index contributed by atoms with van der Waals surface area (Å²) in [5, 5.41) is 0. The summed E-state index contributed by atoms with van der Waals surface area (Å²) < 4.78 is 0. The first-order valence-electron chi connectivity index (χ1n) is 3.71. The average Bonchev–Trinajstić information content (AvgIpc) is 1.81. The number of hydrogen-bond acceptors (Lipinski definition) is 0. The third-order valence-corrected chi connectivity index (χ3v) is 1.35. The average molecular weight is 282 g/mol. The molecule has 0 aliphatic heterocycles. The van der Waals surface area contributed by atoms with Gasteiger partial charge in [0.25, 0.3) is 0 Å². The molecule has 0 bridgehead atoms. The minimum absolute atomic E-state index is 0. The molecule has 0 unspecified atom stereocenters. The summed E-state index contributed by atoms with van der Waals surface area (Å²) in [4.78, 5) is 0. The SMILES string of the molecule is [CH2-]CCCCCCC.[Tm]. The van der Waals surface area contributed by atoms with Gasteiger partial charge in [0, 0.05) is 36.9 Å². The van der Waals surface area contributed by atoms with E-state index in [2.05, 4.69) is 13.8 Å². The third-order valence-electron chi connectivity index (χ3n) is 1.35. The smallest absolute Gasteiger partial charge is 0 e. The maximum Gasteiger partial charge on any atom is 0 e. The molecule has 0 N–H and O–H groups in total. The van der Waals surface area contributed by atoms with Crippen LogP contribution < -0.4 is 0 Å². The van der Waals surface area contributed by atoms with Crippen molar-refractivity contribution in [1.29, 1.82) is 0 Å². The predicted molar refractivity (Wildman–Crippen MR) is 38.7 cm³/mol. The molecule has 1 radical (unpaired) electrons. The minimum atomic E-state index is 0. The Kier molecular flexibility index (Phi) is 17.1. The fourth-order valence-electron chi connectivity index (χ4n) is 0.780. The van der Waals surface area contributed by atoms with Crippen LogP contribution in [0.4, 0.5) is 0 Å². The normalized spacial score (nSPS) is 8.67. The van der Waals surface area contributed by atoms with Crippen molar-refractivity contribution in [2.45, 2.75) is 45.4 Å². The van der Waals surface area contributed by atoms with Crippen LogP contribution in [0.25, 0.3) is 0 Å². The van der Waals surface area contributed by atoms with Gasteiger partial charge in [-0.05, 0) is 0 Å². The Balaban J connectivity index is 0. The number of hydrogen-bond donors (Lipinski definition) is 0. The Morgan fingerprint density at radius 1 is 1.00 bits per heavy atom. The zero-order valence-corrected chi connectivity index (χ0v) is 8.01. The Hall–Kier alpha value is 1.23. The van der Waals surface area contributed by atoms with Gasteiger partial charge in [-0.2, -0.15) is 6.42 Å². The van der Waals surface area contributed by atoms with Gasteiger partial charge in [0.15, 0.2) is 0 Å². The van der Waals surface area contributed by atoms with E-state index in [0.29, 0.717) is 0 Å². The fourth-order valence-corrected chi connectivity index (χ4v) is 0.780. The number of unbranched alkanes of at least 4 members (excludes halogenated alkanes) is 5. The van der Waals surface area contributed by atoms with Gasteiger partial charge in [0.1, 0.15) is 0 Å². The van der Waals surface area contributed by atoms with Crippen LogP contribution in [-0.2, 0) is 0 Å². The molecule has 0 aliphatic carbocycles. The van der Waals surface area contributed by atoms with Crippen molar-refractivity contribution in [3.05, 3.63) is 6.92 Å². The van der Waals surface area contributed by atoms with Crippen LogP contribution >= 0.6 is 0 Å². The van der Waals surface area contributed by atoms with E-state index in [4.69, 9.17) is 0 Å².